The third kappa shape index (κ3) is 3.69. The molecule has 2 atom stereocenters. The van der Waals surface area contributed by atoms with Gasteiger partial charge in [0.05, 0.1) is 13.0 Å². The number of ether oxygens (including phenoxy) is 1. The van der Waals surface area contributed by atoms with E-state index < -0.39 is 0 Å². The van der Waals surface area contributed by atoms with Crippen LogP contribution in [0, 0.1) is 0 Å². The monoisotopic (exact) mass is 268 g/mol. The molecule has 4 nitrogen and oxygen atoms in total. The molecule has 2 aliphatic rings. The summed E-state index contributed by atoms with van der Waals surface area (Å²) >= 11 is 0. The van der Waals surface area contributed by atoms with Crippen LogP contribution < -0.4 is 5.32 Å². The van der Waals surface area contributed by atoms with E-state index in [4.69, 9.17) is 4.74 Å². The first-order valence-corrected chi connectivity index (χ1v) is 7.76. The van der Waals surface area contributed by atoms with Crippen molar-refractivity contribution in [2.24, 2.45) is 0 Å². The van der Waals surface area contributed by atoms with Gasteiger partial charge in [0.15, 0.2) is 0 Å². The number of hydrogen-bond donors (Lipinski definition) is 1. The molecule has 2 fully saturated rings. The number of carbonyl (C=O) groups is 1. The van der Waals surface area contributed by atoms with Crippen LogP contribution >= 0.6 is 0 Å². The van der Waals surface area contributed by atoms with Crippen molar-refractivity contribution in [2.75, 3.05) is 19.7 Å². The minimum Gasteiger partial charge on any atom is -0.466 e. The minimum atomic E-state index is -0.0652. The average molecular weight is 268 g/mol. The first kappa shape index (κ1) is 14.8. The maximum absolute atomic E-state index is 11.9. The molecule has 110 valence electrons. The lowest BCUT2D eigenvalue weighted by atomic mass is 9.92. The van der Waals surface area contributed by atoms with Gasteiger partial charge in [0.1, 0.15) is 0 Å². The van der Waals surface area contributed by atoms with Crippen molar-refractivity contribution in [2.45, 2.75) is 70.5 Å². The van der Waals surface area contributed by atoms with E-state index in [1.165, 1.54) is 12.8 Å². The molecule has 1 aliphatic carbocycles. The van der Waals surface area contributed by atoms with Gasteiger partial charge in [-0.25, -0.2) is 0 Å². The summed E-state index contributed by atoms with van der Waals surface area (Å²) in [6.07, 6.45) is 5.32. The molecule has 19 heavy (non-hydrogen) atoms. The molecule has 0 amide bonds. The molecule has 2 rings (SSSR count). The quantitative estimate of drug-likeness (QED) is 0.716. The van der Waals surface area contributed by atoms with Crippen LogP contribution in [0.15, 0.2) is 0 Å². The van der Waals surface area contributed by atoms with Gasteiger partial charge >= 0.3 is 5.97 Å². The first-order chi connectivity index (χ1) is 9.10. The van der Waals surface area contributed by atoms with E-state index in [1.54, 1.807) is 0 Å². The van der Waals surface area contributed by atoms with E-state index in [2.05, 4.69) is 24.1 Å². The number of esters is 1. The van der Waals surface area contributed by atoms with Crippen LogP contribution in [0.1, 0.15) is 52.9 Å². The first-order valence-electron chi connectivity index (χ1n) is 7.76. The molecule has 1 N–H and O–H groups in total. The fourth-order valence-electron chi connectivity index (χ4n) is 3.34. The lowest BCUT2D eigenvalue weighted by Crippen LogP contribution is -2.49. The van der Waals surface area contributed by atoms with Crippen molar-refractivity contribution in [3.63, 3.8) is 0 Å². The fourth-order valence-corrected chi connectivity index (χ4v) is 3.34. The summed E-state index contributed by atoms with van der Waals surface area (Å²) in [5.41, 5.74) is -0.0652. The number of nitrogens with zero attached hydrogens (tertiary/aromatic N) is 1. The normalized spacial score (nSPS) is 31.6. The third-order valence-corrected chi connectivity index (χ3v) is 4.29. The van der Waals surface area contributed by atoms with Gasteiger partial charge in [0.2, 0.25) is 0 Å². The molecule has 1 heterocycles. The van der Waals surface area contributed by atoms with E-state index in [1.807, 2.05) is 6.92 Å². The highest BCUT2D eigenvalue weighted by molar-refractivity contribution is 5.71. The van der Waals surface area contributed by atoms with Gasteiger partial charge in [-0.3, -0.25) is 9.69 Å². The Bertz CT molecular complexity index is 317. The predicted octanol–water partition coefficient (Wildman–Crippen LogP) is 1.93. The largest absolute Gasteiger partial charge is 0.466 e. The number of likely N-dealkylation sites (tertiary alicyclic amines) is 1. The van der Waals surface area contributed by atoms with Crippen LogP contribution in [0.2, 0.25) is 0 Å². The Morgan fingerprint density at radius 3 is 2.74 bits per heavy atom. The SMILES string of the molecule is CCCNC1(CC(=O)OCC)CC(C)N(C2CC2)C1. The van der Waals surface area contributed by atoms with Crippen LogP contribution in [0.3, 0.4) is 0 Å². The zero-order valence-electron chi connectivity index (χ0n) is 12.6. The average Bonchev–Trinajstić information content (AvgIpc) is 3.13. The van der Waals surface area contributed by atoms with Gasteiger partial charge in [-0.05, 0) is 46.1 Å². The summed E-state index contributed by atoms with van der Waals surface area (Å²) in [7, 11) is 0. The highest BCUT2D eigenvalue weighted by atomic mass is 16.5. The van der Waals surface area contributed by atoms with Gasteiger partial charge in [-0.1, -0.05) is 6.92 Å². The van der Waals surface area contributed by atoms with E-state index in [9.17, 15) is 4.79 Å². The van der Waals surface area contributed by atoms with Crippen LogP contribution in [-0.4, -0.2) is 48.2 Å². The minimum absolute atomic E-state index is 0.0593. The topological polar surface area (TPSA) is 41.6 Å². The molecule has 0 aromatic heterocycles. The molecule has 0 aromatic rings. The lowest BCUT2D eigenvalue weighted by molar-refractivity contribution is -0.144. The molecule has 0 spiro atoms. The Hall–Kier alpha value is -0.610. The molecular weight excluding hydrogens is 240 g/mol. The summed E-state index contributed by atoms with van der Waals surface area (Å²) in [6, 6.07) is 1.34. The lowest BCUT2D eigenvalue weighted by Gasteiger charge is -2.30. The van der Waals surface area contributed by atoms with Crippen molar-refractivity contribution in [1.29, 1.82) is 0 Å². The summed E-state index contributed by atoms with van der Waals surface area (Å²) < 4.78 is 5.16. The van der Waals surface area contributed by atoms with Gasteiger partial charge in [0, 0.05) is 24.2 Å². The van der Waals surface area contributed by atoms with Gasteiger partial charge < -0.3 is 10.1 Å². The molecule has 2 unspecified atom stereocenters. The number of rotatable bonds is 7. The Balaban J connectivity index is 2.00. The van der Waals surface area contributed by atoms with Crippen molar-refractivity contribution in [1.82, 2.24) is 10.2 Å². The van der Waals surface area contributed by atoms with Gasteiger partial charge in [-0.2, -0.15) is 0 Å². The second-order valence-corrected chi connectivity index (χ2v) is 6.15. The third-order valence-electron chi connectivity index (χ3n) is 4.29. The van der Waals surface area contributed by atoms with Gasteiger partial charge in [-0.15, -0.1) is 0 Å². The summed E-state index contributed by atoms with van der Waals surface area (Å²) in [5, 5.41) is 3.63. The molecule has 0 radical (unpaired) electrons. The zero-order chi connectivity index (χ0) is 13.9. The van der Waals surface area contributed by atoms with Crippen molar-refractivity contribution in [3.05, 3.63) is 0 Å². The Labute approximate surface area is 116 Å². The molecule has 0 aromatic carbocycles. The standard InChI is InChI=1S/C15H28N2O2/c1-4-8-16-15(10-14(18)19-5-2)9-12(3)17(11-15)13-6-7-13/h12-13,16H,4-11H2,1-3H3. The van der Waals surface area contributed by atoms with E-state index in [0.717, 1.165) is 32.0 Å². The summed E-state index contributed by atoms with van der Waals surface area (Å²) in [6.45, 7) is 8.78. The molecule has 1 saturated heterocycles. The number of hydrogen-bond acceptors (Lipinski definition) is 4. The zero-order valence-corrected chi connectivity index (χ0v) is 12.6. The summed E-state index contributed by atoms with van der Waals surface area (Å²) in [5.74, 6) is -0.0593. The molecule has 4 heteroatoms. The van der Waals surface area contributed by atoms with Crippen LogP contribution in [0.25, 0.3) is 0 Å². The fraction of sp³-hybridized carbons (Fsp3) is 0.933. The molecule has 1 aliphatic heterocycles. The van der Waals surface area contributed by atoms with Crippen LogP contribution in [-0.2, 0) is 9.53 Å². The van der Waals surface area contributed by atoms with Crippen molar-refractivity contribution < 1.29 is 9.53 Å². The van der Waals surface area contributed by atoms with E-state index in [0.29, 0.717) is 19.1 Å². The van der Waals surface area contributed by atoms with E-state index in [-0.39, 0.29) is 11.5 Å². The van der Waals surface area contributed by atoms with E-state index >= 15 is 0 Å². The van der Waals surface area contributed by atoms with Crippen molar-refractivity contribution >= 4 is 5.97 Å². The van der Waals surface area contributed by atoms with Crippen LogP contribution in [0.5, 0.6) is 0 Å². The Morgan fingerprint density at radius 2 is 2.16 bits per heavy atom. The molecule has 0 bridgehead atoms. The second kappa shape index (κ2) is 6.23. The maximum atomic E-state index is 11.9. The predicted molar refractivity (Wildman–Crippen MR) is 76.1 cm³/mol. The number of nitrogens with one attached hydrogen (secondary N) is 1. The molecule has 1 saturated carbocycles. The number of carbonyl (C=O) groups excluding carboxylic acids is 1. The highest BCUT2D eigenvalue weighted by Crippen LogP contribution is 2.38. The smallest absolute Gasteiger partial charge is 0.307 e. The second-order valence-electron chi connectivity index (χ2n) is 6.15. The Kier molecular flexibility index (Phi) is 4.85. The molecular formula is C15H28N2O2. The Morgan fingerprint density at radius 1 is 1.42 bits per heavy atom. The summed E-state index contributed by atoms with van der Waals surface area (Å²) in [4.78, 5) is 14.5. The maximum Gasteiger partial charge on any atom is 0.307 e. The van der Waals surface area contributed by atoms with Gasteiger partial charge in [0.25, 0.3) is 0 Å². The highest BCUT2D eigenvalue weighted by Gasteiger charge is 2.47. The van der Waals surface area contributed by atoms with Crippen LogP contribution in [0.4, 0.5) is 0 Å². The van der Waals surface area contributed by atoms with Crippen molar-refractivity contribution in [3.8, 4) is 0 Å².